The van der Waals surface area contributed by atoms with E-state index in [-0.39, 0.29) is 0 Å². The van der Waals surface area contributed by atoms with Crippen LogP contribution in [0.1, 0.15) is 26.2 Å². The van der Waals surface area contributed by atoms with Crippen LogP contribution in [0.2, 0.25) is 0 Å². The molecule has 0 aromatic heterocycles. The number of likely N-dealkylation sites (N-methyl/N-ethyl adjacent to an activating group) is 1. The molecule has 0 radical (unpaired) electrons. The first-order valence-electron chi connectivity index (χ1n) is 7.23. The number of Topliss-reactive ketones (excluding diaryl/α,β-unsaturated/α-hetero) is 1. The van der Waals surface area contributed by atoms with Crippen molar-refractivity contribution in [3.05, 3.63) is 0 Å². The lowest BCUT2D eigenvalue weighted by molar-refractivity contribution is -0.118. The minimum absolute atomic E-state index is 0.402. The molecule has 0 atom stereocenters. The second-order valence-electron chi connectivity index (χ2n) is 5.48. The molecular formula is C14H29N3O. The van der Waals surface area contributed by atoms with Gasteiger partial charge < -0.3 is 9.80 Å². The number of hydrogen-bond donors (Lipinski definition) is 0. The molecule has 0 saturated carbocycles. The summed E-state index contributed by atoms with van der Waals surface area (Å²) in [6.07, 6.45) is 2.49. The van der Waals surface area contributed by atoms with E-state index in [2.05, 4.69) is 28.8 Å². The third kappa shape index (κ3) is 6.47. The van der Waals surface area contributed by atoms with Crippen molar-refractivity contribution in [3.63, 3.8) is 0 Å². The molecule has 0 aromatic carbocycles. The lowest BCUT2D eigenvalue weighted by Crippen LogP contribution is -2.48. The molecule has 0 amide bonds. The summed E-state index contributed by atoms with van der Waals surface area (Å²) in [5.74, 6) is 0.402. The molecule has 0 aromatic rings. The van der Waals surface area contributed by atoms with Gasteiger partial charge in [0.15, 0.2) is 0 Å². The highest BCUT2D eigenvalue weighted by Crippen LogP contribution is 2.04. The van der Waals surface area contributed by atoms with Gasteiger partial charge in [-0.1, -0.05) is 6.92 Å². The molecule has 1 saturated heterocycles. The van der Waals surface area contributed by atoms with Gasteiger partial charge in [-0.2, -0.15) is 0 Å². The highest BCUT2D eigenvalue weighted by atomic mass is 16.1. The first-order valence-corrected chi connectivity index (χ1v) is 7.23. The van der Waals surface area contributed by atoms with Crippen molar-refractivity contribution in [2.45, 2.75) is 26.2 Å². The Bertz CT molecular complexity index is 235. The molecular weight excluding hydrogens is 226 g/mol. The maximum Gasteiger partial charge on any atom is 0.132 e. The van der Waals surface area contributed by atoms with Crippen LogP contribution in [0, 0.1) is 0 Å². The quantitative estimate of drug-likeness (QED) is 0.644. The predicted molar refractivity (Wildman–Crippen MR) is 76.0 cm³/mol. The second kappa shape index (κ2) is 8.62. The van der Waals surface area contributed by atoms with Crippen molar-refractivity contribution < 1.29 is 4.79 Å². The van der Waals surface area contributed by atoms with Gasteiger partial charge in [0.1, 0.15) is 5.78 Å². The Morgan fingerprint density at radius 2 is 1.61 bits per heavy atom. The van der Waals surface area contributed by atoms with Gasteiger partial charge in [-0.15, -0.1) is 0 Å². The van der Waals surface area contributed by atoms with E-state index in [4.69, 9.17) is 0 Å². The molecule has 1 rings (SSSR count). The third-order valence-electron chi connectivity index (χ3n) is 3.65. The van der Waals surface area contributed by atoms with Gasteiger partial charge in [0.25, 0.3) is 0 Å². The van der Waals surface area contributed by atoms with E-state index in [1.165, 1.54) is 19.6 Å². The Morgan fingerprint density at radius 1 is 1.06 bits per heavy atom. The van der Waals surface area contributed by atoms with Gasteiger partial charge in [0.2, 0.25) is 0 Å². The average molecular weight is 255 g/mol. The van der Waals surface area contributed by atoms with Gasteiger partial charge in [0, 0.05) is 52.1 Å². The molecule has 106 valence electrons. The number of hydrogen-bond acceptors (Lipinski definition) is 4. The Labute approximate surface area is 112 Å². The van der Waals surface area contributed by atoms with E-state index < -0.39 is 0 Å². The number of nitrogens with zero attached hydrogens (tertiary/aromatic N) is 3. The molecule has 0 N–H and O–H groups in total. The highest BCUT2D eigenvalue weighted by molar-refractivity contribution is 5.77. The first kappa shape index (κ1) is 15.6. The van der Waals surface area contributed by atoms with Crippen molar-refractivity contribution in [1.82, 2.24) is 14.7 Å². The lowest BCUT2D eigenvalue weighted by atomic mass is 10.1. The molecule has 0 bridgehead atoms. The van der Waals surface area contributed by atoms with Crippen molar-refractivity contribution in [2.75, 3.05) is 59.9 Å². The number of piperazine rings is 1. The van der Waals surface area contributed by atoms with E-state index in [0.717, 1.165) is 39.0 Å². The highest BCUT2D eigenvalue weighted by Gasteiger charge is 2.16. The summed E-state index contributed by atoms with van der Waals surface area (Å²) in [6.45, 7) is 10.0. The molecule has 0 unspecified atom stereocenters. The van der Waals surface area contributed by atoms with Crippen molar-refractivity contribution in [3.8, 4) is 0 Å². The van der Waals surface area contributed by atoms with Crippen molar-refractivity contribution in [2.24, 2.45) is 0 Å². The normalized spacial score (nSPS) is 18.4. The summed E-state index contributed by atoms with van der Waals surface area (Å²) in [6, 6.07) is 0. The fourth-order valence-corrected chi connectivity index (χ4v) is 2.25. The number of rotatable bonds is 8. The molecule has 1 aliphatic heterocycles. The predicted octanol–water partition coefficient (Wildman–Crippen LogP) is 0.925. The fraction of sp³-hybridized carbons (Fsp3) is 0.929. The molecule has 0 spiro atoms. The van der Waals surface area contributed by atoms with Crippen LogP contribution in [-0.4, -0.2) is 80.4 Å². The standard InChI is InChI=1S/C14H29N3O/c1-4-14(18)6-5-7-16-10-12-17(13-11-16)9-8-15(2)3/h4-13H2,1-3H3. The Morgan fingerprint density at radius 3 is 2.11 bits per heavy atom. The maximum absolute atomic E-state index is 11.2. The summed E-state index contributed by atoms with van der Waals surface area (Å²) in [7, 11) is 4.25. The molecule has 4 nitrogen and oxygen atoms in total. The zero-order chi connectivity index (χ0) is 13.4. The average Bonchev–Trinajstić information content (AvgIpc) is 2.37. The van der Waals surface area contributed by atoms with Crippen LogP contribution in [0.5, 0.6) is 0 Å². The minimum Gasteiger partial charge on any atom is -0.308 e. The van der Waals surface area contributed by atoms with E-state index in [0.29, 0.717) is 12.2 Å². The molecule has 4 heteroatoms. The van der Waals surface area contributed by atoms with Crippen molar-refractivity contribution in [1.29, 1.82) is 0 Å². The minimum atomic E-state index is 0.402. The van der Waals surface area contributed by atoms with Crippen LogP contribution in [0.25, 0.3) is 0 Å². The SMILES string of the molecule is CCC(=O)CCCN1CCN(CCN(C)C)CC1. The van der Waals surface area contributed by atoms with E-state index in [9.17, 15) is 4.79 Å². The number of carbonyl (C=O) groups is 1. The summed E-state index contributed by atoms with van der Waals surface area (Å²) in [5.41, 5.74) is 0. The zero-order valence-electron chi connectivity index (χ0n) is 12.3. The summed E-state index contributed by atoms with van der Waals surface area (Å²) in [4.78, 5) is 18.5. The summed E-state index contributed by atoms with van der Waals surface area (Å²) < 4.78 is 0. The van der Waals surface area contributed by atoms with Gasteiger partial charge in [-0.05, 0) is 27.1 Å². The van der Waals surface area contributed by atoms with Gasteiger partial charge in [-0.25, -0.2) is 0 Å². The monoisotopic (exact) mass is 255 g/mol. The zero-order valence-corrected chi connectivity index (χ0v) is 12.3. The van der Waals surface area contributed by atoms with Crippen molar-refractivity contribution >= 4 is 5.78 Å². The fourth-order valence-electron chi connectivity index (χ4n) is 2.25. The lowest BCUT2D eigenvalue weighted by Gasteiger charge is -2.35. The summed E-state index contributed by atoms with van der Waals surface area (Å²) in [5, 5.41) is 0. The third-order valence-corrected chi connectivity index (χ3v) is 3.65. The maximum atomic E-state index is 11.2. The van der Waals surface area contributed by atoms with Gasteiger partial charge in [-0.3, -0.25) is 9.69 Å². The molecule has 0 aliphatic carbocycles. The molecule has 1 aliphatic rings. The number of carbonyl (C=O) groups excluding carboxylic acids is 1. The Hall–Kier alpha value is -0.450. The Balaban J connectivity index is 2.06. The molecule has 1 fully saturated rings. The first-order chi connectivity index (χ1) is 8.61. The molecule has 1 heterocycles. The van der Waals surface area contributed by atoms with Crippen LogP contribution in [0.4, 0.5) is 0 Å². The number of ketones is 1. The smallest absolute Gasteiger partial charge is 0.132 e. The van der Waals surface area contributed by atoms with E-state index in [1.807, 2.05) is 6.92 Å². The van der Waals surface area contributed by atoms with Crippen LogP contribution in [0.3, 0.4) is 0 Å². The summed E-state index contributed by atoms with van der Waals surface area (Å²) >= 11 is 0. The van der Waals surface area contributed by atoms with Crippen LogP contribution < -0.4 is 0 Å². The van der Waals surface area contributed by atoms with Crippen LogP contribution in [0.15, 0.2) is 0 Å². The van der Waals surface area contributed by atoms with Crippen LogP contribution in [-0.2, 0) is 4.79 Å². The second-order valence-corrected chi connectivity index (χ2v) is 5.48. The largest absolute Gasteiger partial charge is 0.308 e. The van der Waals surface area contributed by atoms with Gasteiger partial charge in [0.05, 0.1) is 0 Å². The topological polar surface area (TPSA) is 26.8 Å². The van der Waals surface area contributed by atoms with Crippen LogP contribution >= 0.6 is 0 Å². The van der Waals surface area contributed by atoms with E-state index >= 15 is 0 Å². The van der Waals surface area contributed by atoms with Gasteiger partial charge >= 0.3 is 0 Å². The molecule has 18 heavy (non-hydrogen) atoms. The Kier molecular flexibility index (Phi) is 7.47. The van der Waals surface area contributed by atoms with E-state index in [1.54, 1.807) is 0 Å².